The first-order chi connectivity index (χ1) is 14.6. The highest BCUT2D eigenvalue weighted by molar-refractivity contribution is 7.13. The fraction of sp³-hybridized carbons (Fsp3) is 0.409. The van der Waals surface area contributed by atoms with Crippen molar-refractivity contribution in [3.63, 3.8) is 0 Å². The maximum Gasteiger partial charge on any atom is 0.241 e. The predicted molar refractivity (Wildman–Crippen MR) is 115 cm³/mol. The summed E-state index contributed by atoms with van der Waals surface area (Å²) in [6, 6.07) is 10.1. The SMILES string of the molecule is Cc1ccc(C)c(OCCC(=O)N2CCN(Cc3nc(-c4cccs4)no3)CC2)c1. The Kier molecular flexibility index (Phi) is 6.44. The van der Waals surface area contributed by atoms with Crippen LogP contribution in [0.4, 0.5) is 0 Å². The summed E-state index contributed by atoms with van der Waals surface area (Å²) in [7, 11) is 0. The Morgan fingerprint density at radius 1 is 1.20 bits per heavy atom. The van der Waals surface area contributed by atoms with E-state index in [2.05, 4.69) is 21.1 Å². The highest BCUT2D eigenvalue weighted by Crippen LogP contribution is 2.22. The van der Waals surface area contributed by atoms with Crippen LogP contribution in [0, 0.1) is 13.8 Å². The zero-order valence-corrected chi connectivity index (χ0v) is 18.2. The van der Waals surface area contributed by atoms with E-state index in [-0.39, 0.29) is 5.91 Å². The van der Waals surface area contributed by atoms with E-state index >= 15 is 0 Å². The minimum Gasteiger partial charge on any atom is -0.493 e. The lowest BCUT2D eigenvalue weighted by Gasteiger charge is -2.34. The molecule has 0 N–H and O–H groups in total. The lowest BCUT2D eigenvalue weighted by molar-refractivity contribution is -0.133. The Hall–Kier alpha value is -2.71. The number of rotatable bonds is 7. The Morgan fingerprint density at radius 2 is 2.03 bits per heavy atom. The number of hydrogen-bond acceptors (Lipinski definition) is 7. The van der Waals surface area contributed by atoms with Crippen molar-refractivity contribution in [3.8, 4) is 16.5 Å². The van der Waals surface area contributed by atoms with Crippen molar-refractivity contribution in [2.24, 2.45) is 0 Å². The molecule has 0 atom stereocenters. The molecule has 30 heavy (non-hydrogen) atoms. The van der Waals surface area contributed by atoms with Gasteiger partial charge >= 0.3 is 0 Å². The summed E-state index contributed by atoms with van der Waals surface area (Å²) in [4.78, 5) is 22.2. The normalized spacial score (nSPS) is 14.8. The van der Waals surface area contributed by atoms with Crippen LogP contribution in [0.3, 0.4) is 0 Å². The van der Waals surface area contributed by atoms with Crippen molar-refractivity contribution in [2.45, 2.75) is 26.8 Å². The molecule has 1 aliphatic heterocycles. The van der Waals surface area contributed by atoms with Crippen LogP contribution in [0.2, 0.25) is 0 Å². The number of thiophene rings is 1. The molecule has 1 aliphatic rings. The Balaban J connectivity index is 1.20. The number of aromatic nitrogens is 2. The van der Waals surface area contributed by atoms with Crippen LogP contribution < -0.4 is 4.74 Å². The van der Waals surface area contributed by atoms with Crippen LogP contribution in [0.15, 0.2) is 40.2 Å². The number of amides is 1. The third-order valence-electron chi connectivity index (χ3n) is 5.21. The summed E-state index contributed by atoms with van der Waals surface area (Å²) in [5, 5.41) is 6.05. The van der Waals surface area contributed by atoms with E-state index < -0.39 is 0 Å². The summed E-state index contributed by atoms with van der Waals surface area (Å²) in [6.07, 6.45) is 0.390. The molecule has 1 aromatic carbocycles. The van der Waals surface area contributed by atoms with Crippen molar-refractivity contribution >= 4 is 17.2 Å². The molecule has 0 bridgehead atoms. The summed E-state index contributed by atoms with van der Waals surface area (Å²) in [6.45, 7) is 8.05. The zero-order chi connectivity index (χ0) is 20.9. The highest BCUT2D eigenvalue weighted by Gasteiger charge is 2.22. The third-order valence-corrected chi connectivity index (χ3v) is 6.08. The molecule has 1 saturated heterocycles. The van der Waals surface area contributed by atoms with Crippen molar-refractivity contribution in [3.05, 3.63) is 52.7 Å². The number of ether oxygens (including phenoxy) is 1. The van der Waals surface area contributed by atoms with Crippen LogP contribution >= 0.6 is 11.3 Å². The second-order valence-corrected chi connectivity index (χ2v) is 8.46. The minimum absolute atomic E-state index is 0.137. The van der Waals surface area contributed by atoms with Gasteiger partial charge < -0.3 is 14.2 Å². The maximum atomic E-state index is 12.5. The van der Waals surface area contributed by atoms with Crippen LogP contribution in [0.5, 0.6) is 5.75 Å². The molecule has 0 radical (unpaired) electrons. The summed E-state index contributed by atoms with van der Waals surface area (Å²) in [5.74, 6) is 2.24. The fourth-order valence-corrected chi connectivity index (χ4v) is 4.09. The van der Waals surface area contributed by atoms with E-state index in [0.29, 0.717) is 44.4 Å². The Labute approximate surface area is 180 Å². The molecular weight excluding hydrogens is 400 g/mol. The van der Waals surface area contributed by atoms with Gasteiger partial charge in [0.05, 0.1) is 24.4 Å². The van der Waals surface area contributed by atoms with E-state index in [4.69, 9.17) is 9.26 Å². The summed E-state index contributed by atoms with van der Waals surface area (Å²) in [5.41, 5.74) is 2.24. The number of nitrogens with zero attached hydrogens (tertiary/aromatic N) is 4. The van der Waals surface area contributed by atoms with E-state index in [0.717, 1.165) is 34.8 Å². The molecular formula is C22H26N4O3S. The Morgan fingerprint density at radius 3 is 2.80 bits per heavy atom. The standard InChI is InChI=1S/C22H26N4O3S/c1-16-5-6-17(2)18(14-16)28-12-7-21(27)26-10-8-25(9-11-26)15-20-23-22(24-29-20)19-4-3-13-30-19/h3-6,13-14H,7-12,15H2,1-2H3. The third kappa shape index (κ3) is 5.06. The van der Waals surface area contributed by atoms with Crippen LogP contribution in [-0.2, 0) is 11.3 Å². The number of carbonyl (C=O) groups is 1. The molecule has 4 rings (SSSR count). The molecule has 0 aliphatic carbocycles. The number of aryl methyl sites for hydroxylation is 2. The van der Waals surface area contributed by atoms with Crippen molar-refractivity contribution in [1.29, 1.82) is 0 Å². The van der Waals surface area contributed by atoms with E-state index in [1.54, 1.807) is 11.3 Å². The molecule has 158 valence electrons. The van der Waals surface area contributed by atoms with E-state index in [1.807, 2.05) is 48.4 Å². The van der Waals surface area contributed by atoms with Gasteiger partial charge in [-0.15, -0.1) is 11.3 Å². The van der Waals surface area contributed by atoms with Gasteiger partial charge in [0.1, 0.15) is 5.75 Å². The number of piperazine rings is 1. The molecule has 7 nitrogen and oxygen atoms in total. The van der Waals surface area contributed by atoms with Gasteiger partial charge in [-0.05, 0) is 42.5 Å². The van der Waals surface area contributed by atoms with Crippen LogP contribution in [0.25, 0.3) is 10.7 Å². The average Bonchev–Trinajstić information content (AvgIpc) is 3.43. The lowest BCUT2D eigenvalue weighted by Crippen LogP contribution is -2.48. The molecule has 0 spiro atoms. The van der Waals surface area contributed by atoms with Gasteiger partial charge in [-0.2, -0.15) is 4.98 Å². The fourth-order valence-electron chi connectivity index (χ4n) is 3.44. The first-order valence-corrected chi connectivity index (χ1v) is 11.0. The monoisotopic (exact) mass is 426 g/mol. The number of benzene rings is 1. The van der Waals surface area contributed by atoms with Gasteiger partial charge in [-0.1, -0.05) is 23.4 Å². The van der Waals surface area contributed by atoms with Gasteiger partial charge in [-0.25, -0.2) is 0 Å². The molecule has 1 amide bonds. The first kappa shape index (κ1) is 20.6. The average molecular weight is 427 g/mol. The van der Waals surface area contributed by atoms with Crippen LogP contribution in [0.1, 0.15) is 23.4 Å². The largest absolute Gasteiger partial charge is 0.493 e. The van der Waals surface area contributed by atoms with Crippen molar-refractivity contribution in [2.75, 3.05) is 32.8 Å². The molecule has 1 fully saturated rings. The van der Waals surface area contributed by atoms with Gasteiger partial charge in [0.25, 0.3) is 0 Å². The predicted octanol–water partition coefficient (Wildman–Crippen LogP) is 3.53. The highest BCUT2D eigenvalue weighted by atomic mass is 32.1. The topological polar surface area (TPSA) is 71.7 Å². The summed E-state index contributed by atoms with van der Waals surface area (Å²) < 4.78 is 11.2. The lowest BCUT2D eigenvalue weighted by atomic mass is 10.1. The van der Waals surface area contributed by atoms with E-state index in [9.17, 15) is 4.79 Å². The van der Waals surface area contributed by atoms with Gasteiger partial charge in [0, 0.05) is 26.2 Å². The Bertz CT molecular complexity index is 978. The molecule has 3 heterocycles. The zero-order valence-electron chi connectivity index (χ0n) is 17.3. The van der Waals surface area contributed by atoms with Crippen molar-refractivity contribution in [1.82, 2.24) is 19.9 Å². The maximum absolute atomic E-state index is 12.5. The minimum atomic E-state index is 0.137. The first-order valence-electron chi connectivity index (χ1n) is 10.1. The molecule has 8 heteroatoms. The summed E-state index contributed by atoms with van der Waals surface area (Å²) >= 11 is 1.59. The number of carbonyl (C=O) groups excluding carboxylic acids is 1. The number of hydrogen-bond donors (Lipinski definition) is 0. The van der Waals surface area contributed by atoms with Crippen LogP contribution in [-0.4, -0.2) is 58.6 Å². The quantitative estimate of drug-likeness (QED) is 0.576. The second kappa shape index (κ2) is 9.40. The van der Waals surface area contributed by atoms with Gasteiger partial charge in [-0.3, -0.25) is 9.69 Å². The smallest absolute Gasteiger partial charge is 0.241 e. The molecule has 0 unspecified atom stereocenters. The molecule has 0 saturated carbocycles. The molecule has 3 aromatic rings. The second-order valence-electron chi connectivity index (χ2n) is 7.51. The van der Waals surface area contributed by atoms with Gasteiger partial charge in [0.2, 0.25) is 17.6 Å². The van der Waals surface area contributed by atoms with Crippen molar-refractivity contribution < 1.29 is 14.1 Å². The van der Waals surface area contributed by atoms with E-state index in [1.165, 1.54) is 0 Å². The van der Waals surface area contributed by atoms with Gasteiger partial charge in [0.15, 0.2) is 0 Å². The molecule has 2 aromatic heterocycles.